The van der Waals surface area contributed by atoms with Crippen molar-refractivity contribution in [2.75, 3.05) is 17.2 Å². The van der Waals surface area contributed by atoms with Crippen LogP contribution in [-0.2, 0) is 13.6 Å². The lowest BCUT2D eigenvalue weighted by molar-refractivity contribution is 0.818. The van der Waals surface area contributed by atoms with Gasteiger partial charge in [-0.2, -0.15) is 0 Å². The number of nitrogen functional groups attached to an aromatic ring is 1. The van der Waals surface area contributed by atoms with E-state index in [0.717, 1.165) is 35.6 Å². The van der Waals surface area contributed by atoms with Crippen molar-refractivity contribution >= 4 is 22.5 Å². The fourth-order valence-electron chi connectivity index (χ4n) is 2.53. The zero-order valence-corrected chi connectivity index (χ0v) is 12.3. The predicted octanol–water partition coefficient (Wildman–Crippen LogP) is 2.58. The van der Waals surface area contributed by atoms with Gasteiger partial charge in [0.1, 0.15) is 5.52 Å². The fourth-order valence-corrected chi connectivity index (χ4v) is 2.53. The average Bonchev–Trinajstić information content (AvgIpc) is 2.87. The molecule has 0 radical (unpaired) electrons. The van der Waals surface area contributed by atoms with E-state index < -0.39 is 0 Å². The summed E-state index contributed by atoms with van der Waals surface area (Å²) >= 11 is 0. The molecule has 0 fully saturated rings. The van der Waals surface area contributed by atoms with E-state index in [1.54, 1.807) is 0 Å². The Morgan fingerprint density at radius 2 is 2.10 bits per heavy atom. The molecule has 0 saturated heterocycles. The molecule has 0 aliphatic carbocycles. The Kier molecular flexibility index (Phi) is 3.48. The number of anilines is 2. The summed E-state index contributed by atoms with van der Waals surface area (Å²) in [4.78, 5) is 11.2. The van der Waals surface area contributed by atoms with Crippen LogP contribution in [0.15, 0.2) is 42.9 Å². The lowest BCUT2D eigenvalue weighted by Crippen LogP contribution is -2.23. The lowest BCUT2D eigenvalue weighted by Gasteiger charge is -2.22. The maximum absolute atomic E-state index is 5.86. The quantitative estimate of drug-likeness (QED) is 0.747. The van der Waals surface area contributed by atoms with E-state index in [1.807, 2.05) is 48.4 Å². The highest BCUT2D eigenvalue weighted by atomic mass is 15.2. The van der Waals surface area contributed by atoms with Crippen LogP contribution in [0.4, 0.5) is 11.5 Å². The molecule has 0 spiro atoms. The summed E-state index contributed by atoms with van der Waals surface area (Å²) < 4.78 is 2.01. The molecule has 0 aliphatic heterocycles. The molecule has 0 saturated carbocycles. The topological polar surface area (TPSA) is 60.0 Å². The third-order valence-electron chi connectivity index (χ3n) is 3.63. The van der Waals surface area contributed by atoms with Crippen molar-refractivity contribution in [3.63, 3.8) is 0 Å². The molecule has 2 N–H and O–H groups in total. The number of fused-ring (bicyclic) bond motifs is 1. The number of aryl methyl sites for hydroxylation is 1. The van der Waals surface area contributed by atoms with Crippen LogP contribution in [0.2, 0.25) is 0 Å². The molecule has 5 nitrogen and oxygen atoms in total. The van der Waals surface area contributed by atoms with E-state index >= 15 is 0 Å². The lowest BCUT2D eigenvalue weighted by atomic mass is 10.2. The first-order valence-corrected chi connectivity index (χ1v) is 7.04. The molecule has 0 amide bonds. The van der Waals surface area contributed by atoms with Crippen LogP contribution in [0, 0.1) is 0 Å². The largest absolute Gasteiger partial charge is 0.399 e. The van der Waals surface area contributed by atoms with Crippen LogP contribution in [0.1, 0.15) is 12.5 Å². The van der Waals surface area contributed by atoms with Crippen LogP contribution in [0.25, 0.3) is 11.0 Å². The summed E-state index contributed by atoms with van der Waals surface area (Å²) in [5.41, 5.74) is 9.84. The zero-order valence-electron chi connectivity index (χ0n) is 12.3. The Labute approximate surface area is 124 Å². The molecule has 2 heterocycles. The van der Waals surface area contributed by atoms with Gasteiger partial charge in [-0.25, -0.2) is 9.97 Å². The van der Waals surface area contributed by atoms with E-state index in [0.29, 0.717) is 0 Å². The highest BCUT2D eigenvalue weighted by Crippen LogP contribution is 2.24. The number of aromatic nitrogens is 3. The zero-order chi connectivity index (χ0) is 14.8. The first-order valence-electron chi connectivity index (χ1n) is 7.04. The van der Waals surface area contributed by atoms with Crippen LogP contribution in [0.3, 0.4) is 0 Å². The van der Waals surface area contributed by atoms with Gasteiger partial charge in [0, 0.05) is 32.0 Å². The first-order chi connectivity index (χ1) is 10.2. The smallest absolute Gasteiger partial charge is 0.157 e. The van der Waals surface area contributed by atoms with Crippen LogP contribution in [0.5, 0.6) is 0 Å². The monoisotopic (exact) mass is 281 g/mol. The van der Waals surface area contributed by atoms with Gasteiger partial charge in [0.15, 0.2) is 5.82 Å². The maximum Gasteiger partial charge on any atom is 0.157 e. The number of imidazole rings is 1. The number of rotatable bonds is 4. The van der Waals surface area contributed by atoms with Gasteiger partial charge in [-0.3, -0.25) is 0 Å². The molecule has 108 valence electrons. The SMILES string of the molecule is CCN(Cc1cccc(N)c1)c1nccc2c1ncn2C. The van der Waals surface area contributed by atoms with Gasteiger partial charge >= 0.3 is 0 Å². The number of hydrogen-bond donors (Lipinski definition) is 1. The number of nitrogens with two attached hydrogens (primary N) is 1. The minimum absolute atomic E-state index is 0.768. The number of benzene rings is 1. The number of pyridine rings is 1. The van der Waals surface area contributed by atoms with E-state index in [1.165, 1.54) is 5.56 Å². The Balaban J connectivity index is 1.98. The number of hydrogen-bond acceptors (Lipinski definition) is 4. The minimum Gasteiger partial charge on any atom is -0.399 e. The van der Waals surface area contributed by atoms with Crippen molar-refractivity contribution in [2.45, 2.75) is 13.5 Å². The van der Waals surface area contributed by atoms with Crippen LogP contribution >= 0.6 is 0 Å². The maximum atomic E-state index is 5.86. The van der Waals surface area contributed by atoms with E-state index in [-0.39, 0.29) is 0 Å². The second-order valence-corrected chi connectivity index (χ2v) is 5.12. The van der Waals surface area contributed by atoms with Crippen molar-refractivity contribution in [1.29, 1.82) is 0 Å². The minimum atomic E-state index is 0.768. The van der Waals surface area contributed by atoms with Crippen LogP contribution in [-0.4, -0.2) is 21.1 Å². The fraction of sp³-hybridized carbons (Fsp3) is 0.250. The second kappa shape index (κ2) is 5.44. The number of nitrogens with zero attached hydrogens (tertiary/aromatic N) is 4. The molecule has 0 atom stereocenters. The Morgan fingerprint density at radius 1 is 1.24 bits per heavy atom. The summed E-state index contributed by atoms with van der Waals surface area (Å²) in [7, 11) is 1.99. The molecule has 5 heteroatoms. The molecule has 21 heavy (non-hydrogen) atoms. The third-order valence-corrected chi connectivity index (χ3v) is 3.63. The molecule has 3 aromatic rings. The second-order valence-electron chi connectivity index (χ2n) is 5.12. The van der Waals surface area contributed by atoms with Gasteiger partial charge in [-0.1, -0.05) is 12.1 Å². The van der Waals surface area contributed by atoms with Gasteiger partial charge in [-0.15, -0.1) is 0 Å². The molecule has 3 rings (SSSR count). The highest BCUT2D eigenvalue weighted by Gasteiger charge is 2.13. The summed E-state index contributed by atoms with van der Waals surface area (Å²) in [5, 5.41) is 0. The molecular formula is C16H19N5. The van der Waals surface area contributed by atoms with Crippen molar-refractivity contribution < 1.29 is 0 Å². The van der Waals surface area contributed by atoms with Crippen molar-refractivity contribution in [1.82, 2.24) is 14.5 Å². The van der Waals surface area contributed by atoms with Gasteiger partial charge in [0.2, 0.25) is 0 Å². The molecular weight excluding hydrogens is 262 g/mol. The summed E-state index contributed by atoms with van der Waals surface area (Å²) in [6, 6.07) is 9.95. The summed E-state index contributed by atoms with van der Waals surface area (Å²) in [5.74, 6) is 0.915. The molecule has 0 aliphatic rings. The standard InChI is InChI=1S/C16H19N5/c1-3-21(10-12-5-4-6-13(17)9-12)16-15-14(7-8-18-16)20(2)11-19-15/h4-9,11H,3,10,17H2,1-2H3. The average molecular weight is 281 g/mol. The van der Waals surface area contributed by atoms with Crippen LogP contribution < -0.4 is 10.6 Å². The highest BCUT2D eigenvalue weighted by molar-refractivity contribution is 5.86. The Morgan fingerprint density at radius 3 is 2.86 bits per heavy atom. The Hall–Kier alpha value is -2.56. The van der Waals surface area contributed by atoms with Crippen molar-refractivity contribution in [3.8, 4) is 0 Å². The molecule has 0 bridgehead atoms. The van der Waals surface area contributed by atoms with Gasteiger partial charge in [0.25, 0.3) is 0 Å². The summed E-state index contributed by atoms with van der Waals surface area (Å²) in [6.07, 6.45) is 3.66. The van der Waals surface area contributed by atoms with E-state index in [4.69, 9.17) is 5.73 Å². The Bertz CT molecular complexity index is 762. The summed E-state index contributed by atoms with van der Waals surface area (Å²) in [6.45, 7) is 3.75. The van der Waals surface area contributed by atoms with Crippen molar-refractivity contribution in [2.24, 2.45) is 7.05 Å². The van der Waals surface area contributed by atoms with Gasteiger partial charge in [0.05, 0.1) is 11.8 Å². The molecule has 2 aromatic heterocycles. The normalized spacial score (nSPS) is 11.0. The van der Waals surface area contributed by atoms with Gasteiger partial charge in [-0.05, 0) is 30.7 Å². The predicted molar refractivity (Wildman–Crippen MR) is 86.1 cm³/mol. The van der Waals surface area contributed by atoms with E-state index in [2.05, 4.69) is 27.9 Å². The molecule has 0 unspecified atom stereocenters. The first kappa shape index (κ1) is 13.4. The van der Waals surface area contributed by atoms with E-state index in [9.17, 15) is 0 Å². The molecule has 1 aromatic carbocycles. The third kappa shape index (κ3) is 2.54. The van der Waals surface area contributed by atoms with Gasteiger partial charge < -0.3 is 15.2 Å². The van der Waals surface area contributed by atoms with Crippen molar-refractivity contribution in [3.05, 3.63) is 48.4 Å².